The summed E-state index contributed by atoms with van der Waals surface area (Å²) < 4.78 is 6.32. The highest BCUT2D eigenvalue weighted by atomic mass is 35.5. The van der Waals surface area contributed by atoms with Crippen LogP contribution in [0.5, 0.6) is 0 Å². The summed E-state index contributed by atoms with van der Waals surface area (Å²) in [6, 6.07) is 7.45. The highest BCUT2D eigenvalue weighted by Crippen LogP contribution is 2.49. The monoisotopic (exact) mass is 511 g/mol. The van der Waals surface area contributed by atoms with Gasteiger partial charge in [0.25, 0.3) is 5.91 Å². The quantitative estimate of drug-likeness (QED) is 0.456. The molecule has 1 aliphatic carbocycles. The van der Waals surface area contributed by atoms with Crippen molar-refractivity contribution in [2.75, 3.05) is 36.4 Å². The highest BCUT2D eigenvalue weighted by Gasteiger charge is 2.42. The lowest BCUT2D eigenvalue weighted by Crippen LogP contribution is -2.49. The van der Waals surface area contributed by atoms with Gasteiger partial charge in [0.15, 0.2) is 5.76 Å². The van der Waals surface area contributed by atoms with Gasteiger partial charge >= 0.3 is 0 Å². The van der Waals surface area contributed by atoms with Crippen LogP contribution in [0.15, 0.2) is 47.3 Å². The number of furan rings is 1. The van der Waals surface area contributed by atoms with E-state index in [0.29, 0.717) is 42.0 Å². The number of hydrogen-bond donors (Lipinski definition) is 2. The van der Waals surface area contributed by atoms with E-state index in [-0.39, 0.29) is 11.4 Å². The minimum atomic E-state index is -0.283. The molecule has 1 amide bonds. The number of fused-ring (bicyclic) bond motifs is 4. The zero-order chi connectivity index (χ0) is 24.2. The number of aromatic nitrogens is 1. The molecule has 1 spiro atoms. The smallest absolute Gasteiger partial charge is 0.289 e. The first-order chi connectivity index (χ1) is 16.9. The van der Waals surface area contributed by atoms with Crippen LogP contribution < -0.4 is 15.5 Å². The van der Waals surface area contributed by atoms with E-state index >= 15 is 0 Å². The molecule has 1 saturated carbocycles. The van der Waals surface area contributed by atoms with Gasteiger partial charge in [0.05, 0.1) is 27.1 Å². The largest absolute Gasteiger partial charge is 0.450 e. The van der Waals surface area contributed by atoms with Crippen LogP contribution in [-0.4, -0.2) is 42.0 Å². The molecular weight excluding hydrogens is 485 g/mol. The van der Waals surface area contributed by atoms with Gasteiger partial charge in [-0.25, -0.2) is 4.98 Å². The predicted octanol–water partition coefficient (Wildman–Crippen LogP) is 5.74. The van der Waals surface area contributed by atoms with Crippen LogP contribution >= 0.6 is 23.2 Å². The maximum absolute atomic E-state index is 13.4. The fraction of sp³-hybridized carbons (Fsp3) is 0.385. The van der Waals surface area contributed by atoms with Crippen molar-refractivity contribution in [3.63, 3.8) is 0 Å². The zero-order valence-corrected chi connectivity index (χ0v) is 20.9. The van der Waals surface area contributed by atoms with Crippen molar-refractivity contribution in [2.45, 2.75) is 37.6 Å². The molecule has 4 heterocycles. The topological polar surface area (TPSA) is 73.6 Å². The number of halogens is 2. The average molecular weight is 512 g/mol. The summed E-state index contributed by atoms with van der Waals surface area (Å²) in [7, 11) is 0. The second-order valence-electron chi connectivity index (χ2n) is 9.62. The van der Waals surface area contributed by atoms with E-state index in [4.69, 9.17) is 27.6 Å². The fourth-order valence-electron chi connectivity index (χ4n) is 5.75. The lowest BCUT2D eigenvalue weighted by molar-refractivity contribution is 0.0716. The van der Waals surface area contributed by atoms with E-state index < -0.39 is 0 Å². The summed E-state index contributed by atoms with van der Waals surface area (Å²) >= 11 is 12.7. The molecule has 35 heavy (non-hydrogen) atoms. The number of carbonyl (C=O) groups excluding carboxylic acids is 1. The maximum Gasteiger partial charge on any atom is 0.289 e. The third-order valence-corrected chi connectivity index (χ3v) is 7.95. The fourth-order valence-corrected chi connectivity index (χ4v) is 6.12. The van der Waals surface area contributed by atoms with Gasteiger partial charge in [-0.2, -0.15) is 0 Å². The van der Waals surface area contributed by atoms with Gasteiger partial charge in [0.2, 0.25) is 0 Å². The molecule has 2 fully saturated rings. The maximum atomic E-state index is 13.4. The molecule has 3 aromatic rings. The highest BCUT2D eigenvalue weighted by molar-refractivity contribution is 6.34. The predicted molar refractivity (Wildman–Crippen MR) is 139 cm³/mol. The third kappa shape index (κ3) is 3.91. The Morgan fingerprint density at radius 2 is 1.86 bits per heavy atom. The van der Waals surface area contributed by atoms with Crippen LogP contribution in [0, 0.1) is 0 Å². The van der Waals surface area contributed by atoms with E-state index in [0.717, 1.165) is 59.5 Å². The van der Waals surface area contributed by atoms with Crippen molar-refractivity contribution in [1.82, 2.24) is 15.2 Å². The van der Waals surface area contributed by atoms with E-state index in [1.807, 2.05) is 29.2 Å². The van der Waals surface area contributed by atoms with Gasteiger partial charge in [-0.3, -0.25) is 4.79 Å². The van der Waals surface area contributed by atoms with Crippen LogP contribution in [0.2, 0.25) is 10.0 Å². The molecule has 3 aliphatic rings. The van der Waals surface area contributed by atoms with Crippen molar-refractivity contribution in [3.05, 3.63) is 64.2 Å². The Labute approximate surface area is 214 Å². The summed E-state index contributed by atoms with van der Waals surface area (Å²) in [6.45, 7) is 6.69. The van der Waals surface area contributed by atoms with Crippen molar-refractivity contribution in [2.24, 2.45) is 0 Å². The Hall–Kier alpha value is -2.90. The van der Waals surface area contributed by atoms with Gasteiger partial charge in [0.1, 0.15) is 11.4 Å². The van der Waals surface area contributed by atoms with Crippen molar-refractivity contribution in [1.29, 1.82) is 0 Å². The average Bonchev–Trinajstić information content (AvgIpc) is 3.28. The number of rotatable bonds is 2. The van der Waals surface area contributed by atoms with Crippen LogP contribution in [0.25, 0.3) is 11.0 Å². The molecule has 2 N–H and O–H groups in total. The van der Waals surface area contributed by atoms with E-state index in [2.05, 4.69) is 27.1 Å². The molecular formula is C26H27Cl2N5O2. The number of benzene rings is 1. The minimum Gasteiger partial charge on any atom is -0.450 e. The SMILES string of the molecule is C=C1Nc2c(Cl)cc3cc(C(=O)N4CCN(c5ccc(Cl)cn5)CC4)oc3c2C2(CCCCC2)N1. The molecule has 0 bridgehead atoms. The number of pyridine rings is 1. The first-order valence-corrected chi connectivity index (χ1v) is 12.9. The molecule has 182 valence electrons. The first kappa shape index (κ1) is 22.6. The van der Waals surface area contributed by atoms with Crippen molar-refractivity contribution >= 4 is 51.6 Å². The van der Waals surface area contributed by atoms with Gasteiger partial charge in [0, 0.05) is 43.3 Å². The lowest BCUT2D eigenvalue weighted by Gasteiger charge is -2.44. The summed E-state index contributed by atoms with van der Waals surface area (Å²) in [5.74, 6) is 1.86. The second-order valence-corrected chi connectivity index (χ2v) is 10.5. The number of carbonyl (C=O) groups is 1. The van der Waals surface area contributed by atoms with Crippen LogP contribution in [0.4, 0.5) is 11.5 Å². The van der Waals surface area contributed by atoms with Gasteiger partial charge in [-0.15, -0.1) is 0 Å². The third-order valence-electron chi connectivity index (χ3n) is 7.42. The summed E-state index contributed by atoms with van der Waals surface area (Å²) in [5, 5.41) is 8.97. The Balaban J connectivity index is 1.29. The standard InChI is InChI=1S/C26H27Cl2N5O2/c1-16-30-23-19(28)13-17-14-20(35-24(17)22(23)26(31-16)7-3-2-4-8-26)25(34)33-11-9-32(10-12-33)21-6-5-18(27)15-29-21/h5-6,13-15,30-31H,1-4,7-12H2. The van der Waals surface area contributed by atoms with Crippen LogP contribution in [0.1, 0.15) is 48.2 Å². The zero-order valence-electron chi connectivity index (χ0n) is 19.4. The molecule has 2 aromatic heterocycles. The Kier molecular flexibility index (Phi) is 5.57. The Morgan fingerprint density at radius 3 is 2.57 bits per heavy atom. The molecule has 0 unspecified atom stereocenters. The Bertz CT molecular complexity index is 1310. The number of piperazine rings is 1. The van der Waals surface area contributed by atoms with Crippen molar-refractivity contribution < 1.29 is 9.21 Å². The van der Waals surface area contributed by atoms with E-state index in [1.54, 1.807) is 6.20 Å². The van der Waals surface area contributed by atoms with Gasteiger partial charge < -0.3 is 24.9 Å². The van der Waals surface area contributed by atoms with Gasteiger partial charge in [-0.05, 0) is 37.1 Å². The molecule has 2 aliphatic heterocycles. The number of anilines is 2. The molecule has 6 rings (SSSR count). The molecule has 7 nitrogen and oxygen atoms in total. The van der Waals surface area contributed by atoms with Crippen LogP contribution in [-0.2, 0) is 5.54 Å². The first-order valence-electron chi connectivity index (χ1n) is 12.1. The summed E-state index contributed by atoms with van der Waals surface area (Å²) in [5.41, 5.74) is 2.30. The molecule has 0 atom stereocenters. The number of nitrogens with zero attached hydrogens (tertiary/aromatic N) is 3. The number of hydrogen-bond acceptors (Lipinski definition) is 6. The summed E-state index contributed by atoms with van der Waals surface area (Å²) in [4.78, 5) is 21.8. The molecule has 0 radical (unpaired) electrons. The van der Waals surface area contributed by atoms with Crippen LogP contribution in [0.3, 0.4) is 0 Å². The van der Waals surface area contributed by atoms with E-state index in [1.165, 1.54) is 6.42 Å². The second kappa shape index (κ2) is 8.64. The van der Waals surface area contributed by atoms with E-state index in [9.17, 15) is 4.79 Å². The Morgan fingerprint density at radius 1 is 1.09 bits per heavy atom. The van der Waals surface area contributed by atoms with Crippen molar-refractivity contribution in [3.8, 4) is 0 Å². The van der Waals surface area contributed by atoms with Gasteiger partial charge in [-0.1, -0.05) is 49.0 Å². The molecule has 9 heteroatoms. The number of amides is 1. The molecule has 1 saturated heterocycles. The summed E-state index contributed by atoms with van der Waals surface area (Å²) in [6.07, 6.45) is 7.04. The number of nitrogens with one attached hydrogen (secondary N) is 2. The normalized spacial score (nSPS) is 19.4. The minimum absolute atomic E-state index is 0.103. The lowest BCUT2D eigenvalue weighted by atomic mass is 9.74. The molecule has 1 aromatic carbocycles.